The van der Waals surface area contributed by atoms with Gasteiger partial charge in [0.15, 0.2) is 0 Å². The van der Waals surface area contributed by atoms with Crippen LogP contribution in [0.5, 0.6) is 5.75 Å². The Morgan fingerprint density at radius 3 is 2.30 bits per heavy atom. The maximum Gasteiger partial charge on any atom is 0.263 e. The fraction of sp³-hybridized carbons (Fsp3) is 0.308. The number of aryl methyl sites for hydroxylation is 3. The normalized spacial score (nSPS) is 11.4. The number of hydrogen-bond donors (Lipinski definition) is 1. The van der Waals surface area contributed by atoms with Crippen LogP contribution in [0.2, 0.25) is 0 Å². The molecule has 7 heteroatoms. The molecule has 1 aromatic heterocycles. The zero-order valence-corrected chi connectivity index (χ0v) is 12.7. The summed E-state index contributed by atoms with van der Waals surface area (Å²) in [6.45, 7) is 3.63. The van der Waals surface area contributed by atoms with Gasteiger partial charge in [0.05, 0.1) is 18.2 Å². The van der Waals surface area contributed by atoms with E-state index in [0.717, 1.165) is 11.1 Å². The topological polar surface area (TPSA) is 73.2 Å². The molecule has 0 spiro atoms. The largest absolute Gasteiger partial charge is 0.496 e. The number of hydrogen-bond acceptors (Lipinski definition) is 4. The number of rotatable bonds is 4. The van der Waals surface area contributed by atoms with Crippen molar-refractivity contribution in [3.8, 4) is 5.75 Å². The lowest BCUT2D eigenvalue weighted by atomic mass is 10.1. The maximum absolute atomic E-state index is 12.4. The van der Waals surface area contributed by atoms with E-state index in [4.69, 9.17) is 4.74 Å². The van der Waals surface area contributed by atoms with Crippen molar-refractivity contribution in [1.82, 2.24) is 9.78 Å². The molecule has 0 aliphatic heterocycles. The Labute approximate surface area is 118 Å². The van der Waals surface area contributed by atoms with Gasteiger partial charge < -0.3 is 4.74 Å². The van der Waals surface area contributed by atoms with Crippen molar-refractivity contribution in [1.29, 1.82) is 0 Å². The van der Waals surface area contributed by atoms with Crippen LogP contribution in [-0.4, -0.2) is 25.3 Å². The number of benzene rings is 1. The number of nitrogens with zero attached hydrogens (tertiary/aromatic N) is 2. The van der Waals surface area contributed by atoms with E-state index >= 15 is 0 Å². The van der Waals surface area contributed by atoms with Crippen LogP contribution in [0.15, 0.2) is 29.3 Å². The zero-order chi connectivity index (χ0) is 14.9. The summed E-state index contributed by atoms with van der Waals surface area (Å²) in [5.41, 5.74) is 1.55. The standard InChI is InChI=1S/C13H17N3O3S/c1-9-7-11(8-10(2)13(9)19-4)20(17,18)15-12-5-6-14-16(12)3/h5-8,15H,1-4H3. The highest BCUT2D eigenvalue weighted by Crippen LogP contribution is 2.27. The number of aromatic nitrogens is 2. The highest BCUT2D eigenvalue weighted by Gasteiger charge is 2.18. The van der Waals surface area contributed by atoms with Crippen LogP contribution in [0.3, 0.4) is 0 Å². The van der Waals surface area contributed by atoms with Crippen molar-refractivity contribution in [2.45, 2.75) is 18.7 Å². The minimum absolute atomic E-state index is 0.203. The van der Waals surface area contributed by atoms with E-state index in [2.05, 4.69) is 9.82 Å². The Morgan fingerprint density at radius 1 is 1.25 bits per heavy atom. The molecule has 0 amide bonds. The summed E-state index contributed by atoms with van der Waals surface area (Å²) in [7, 11) is -0.406. The quantitative estimate of drug-likeness (QED) is 0.934. The van der Waals surface area contributed by atoms with Crippen LogP contribution < -0.4 is 9.46 Å². The lowest BCUT2D eigenvalue weighted by Gasteiger charge is -2.13. The van der Waals surface area contributed by atoms with Gasteiger partial charge in [0.2, 0.25) is 0 Å². The number of anilines is 1. The van der Waals surface area contributed by atoms with Crippen molar-refractivity contribution in [2.24, 2.45) is 7.05 Å². The van der Waals surface area contributed by atoms with Gasteiger partial charge in [0, 0.05) is 13.1 Å². The Bertz CT molecular complexity index is 712. The van der Waals surface area contributed by atoms with Gasteiger partial charge in [-0.15, -0.1) is 0 Å². The molecule has 20 heavy (non-hydrogen) atoms. The third-order valence-corrected chi connectivity index (χ3v) is 4.34. The fourth-order valence-electron chi connectivity index (χ4n) is 2.06. The van der Waals surface area contributed by atoms with Gasteiger partial charge in [0.1, 0.15) is 11.6 Å². The zero-order valence-electron chi connectivity index (χ0n) is 11.8. The van der Waals surface area contributed by atoms with Crippen LogP contribution in [0.25, 0.3) is 0 Å². The van der Waals surface area contributed by atoms with Crippen molar-refractivity contribution in [3.63, 3.8) is 0 Å². The second-order valence-corrected chi connectivity index (χ2v) is 6.22. The summed E-state index contributed by atoms with van der Waals surface area (Å²) in [6.07, 6.45) is 1.53. The Morgan fingerprint density at radius 2 is 1.85 bits per heavy atom. The Kier molecular flexibility index (Phi) is 3.71. The third kappa shape index (κ3) is 2.62. The third-order valence-electron chi connectivity index (χ3n) is 3.01. The minimum atomic E-state index is -3.64. The van der Waals surface area contributed by atoms with E-state index in [1.807, 2.05) is 13.8 Å². The molecule has 0 bridgehead atoms. The van der Waals surface area contributed by atoms with Crippen LogP contribution in [-0.2, 0) is 17.1 Å². The molecule has 0 saturated carbocycles. The van der Waals surface area contributed by atoms with E-state index in [9.17, 15) is 8.42 Å². The summed E-state index contributed by atoms with van der Waals surface area (Å²) >= 11 is 0. The summed E-state index contributed by atoms with van der Waals surface area (Å²) in [5, 5.41) is 3.93. The molecule has 6 nitrogen and oxygen atoms in total. The molecule has 1 N–H and O–H groups in total. The van der Waals surface area contributed by atoms with Gasteiger partial charge in [-0.2, -0.15) is 5.10 Å². The minimum Gasteiger partial charge on any atom is -0.496 e. The molecule has 108 valence electrons. The lowest BCUT2D eigenvalue weighted by molar-refractivity contribution is 0.408. The van der Waals surface area contributed by atoms with Gasteiger partial charge in [-0.05, 0) is 37.1 Å². The Hall–Kier alpha value is -2.02. The summed E-state index contributed by atoms with van der Waals surface area (Å²) < 4.78 is 33.9. The van der Waals surface area contributed by atoms with E-state index in [1.165, 1.54) is 10.9 Å². The van der Waals surface area contributed by atoms with Gasteiger partial charge in [-0.3, -0.25) is 9.40 Å². The smallest absolute Gasteiger partial charge is 0.263 e. The highest BCUT2D eigenvalue weighted by atomic mass is 32.2. The van der Waals surface area contributed by atoms with Crippen molar-refractivity contribution in [2.75, 3.05) is 11.8 Å². The van der Waals surface area contributed by atoms with Crippen LogP contribution in [0, 0.1) is 13.8 Å². The van der Waals surface area contributed by atoms with E-state index in [0.29, 0.717) is 11.6 Å². The second kappa shape index (κ2) is 5.16. The summed E-state index contributed by atoms with van der Waals surface area (Å²) in [4.78, 5) is 0.203. The number of sulfonamides is 1. The molecule has 0 radical (unpaired) electrons. The first kappa shape index (κ1) is 14.4. The first-order valence-electron chi connectivity index (χ1n) is 6.01. The van der Waals surface area contributed by atoms with Crippen molar-refractivity contribution in [3.05, 3.63) is 35.5 Å². The van der Waals surface area contributed by atoms with Crippen molar-refractivity contribution >= 4 is 15.8 Å². The first-order valence-corrected chi connectivity index (χ1v) is 7.49. The van der Waals surface area contributed by atoms with Gasteiger partial charge in [-0.1, -0.05) is 0 Å². The summed E-state index contributed by atoms with van der Waals surface area (Å²) in [6, 6.07) is 4.77. The van der Waals surface area contributed by atoms with E-state index in [1.54, 1.807) is 32.4 Å². The molecule has 0 aliphatic rings. The average molecular weight is 295 g/mol. The van der Waals surface area contributed by atoms with Crippen LogP contribution >= 0.6 is 0 Å². The van der Waals surface area contributed by atoms with Crippen molar-refractivity contribution < 1.29 is 13.2 Å². The number of nitrogens with one attached hydrogen (secondary N) is 1. The molecule has 0 saturated heterocycles. The molecule has 1 heterocycles. The highest BCUT2D eigenvalue weighted by molar-refractivity contribution is 7.92. The number of ether oxygens (including phenoxy) is 1. The van der Waals surface area contributed by atoms with Gasteiger partial charge in [0.25, 0.3) is 10.0 Å². The maximum atomic E-state index is 12.4. The first-order chi connectivity index (χ1) is 9.35. The molecule has 1 aromatic carbocycles. The van der Waals surface area contributed by atoms with Gasteiger partial charge in [-0.25, -0.2) is 8.42 Å². The lowest BCUT2D eigenvalue weighted by Crippen LogP contribution is -2.16. The number of methoxy groups -OCH3 is 1. The molecule has 0 unspecified atom stereocenters. The van der Waals surface area contributed by atoms with E-state index in [-0.39, 0.29) is 4.90 Å². The predicted octanol–water partition coefficient (Wildman–Crippen LogP) is 1.85. The summed E-state index contributed by atoms with van der Waals surface area (Å²) in [5.74, 6) is 1.11. The van der Waals surface area contributed by atoms with Crippen LogP contribution in [0.1, 0.15) is 11.1 Å². The molecule has 0 aliphatic carbocycles. The molecular weight excluding hydrogens is 278 g/mol. The SMILES string of the molecule is COc1c(C)cc(S(=O)(=O)Nc2ccnn2C)cc1C. The molecular formula is C13H17N3O3S. The van der Waals surface area contributed by atoms with Gasteiger partial charge >= 0.3 is 0 Å². The fourth-order valence-corrected chi connectivity index (χ4v) is 3.32. The predicted molar refractivity (Wildman–Crippen MR) is 76.5 cm³/mol. The molecule has 2 rings (SSSR count). The molecule has 0 fully saturated rings. The monoisotopic (exact) mass is 295 g/mol. The Balaban J connectivity index is 2.43. The average Bonchev–Trinajstić information content (AvgIpc) is 2.74. The molecule has 0 atom stereocenters. The molecule has 2 aromatic rings. The van der Waals surface area contributed by atoms with E-state index < -0.39 is 10.0 Å². The second-order valence-electron chi connectivity index (χ2n) is 4.54. The van der Waals surface area contributed by atoms with Crippen LogP contribution in [0.4, 0.5) is 5.82 Å².